The molecule has 2 aromatic rings. The number of aliphatic hydroxyl groups is 1. The lowest BCUT2D eigenvalue weighted by Gasteiger charge is -2.47. The Balaban J connectivity index is 2.07. The van der Waals surface area contributed by atoms with Crippen LogP contribution in [-0.4, -0.2) is 16.5 Å². The van der Waals surface area contributed by atoms with E-state index >= 15 is 0 Å². The maximum absolute atomic E-state index is 13.4. The van der Waals surface area contributed by atoms with Gasteiger partial charge in [-0.15, -0.1) is 0 Å². The molecule has 0 amide bonds. The molecule has 22 heavy (non-hydrogen) atoms. The molecule has 2 aliphatic rings. The molecule has 0 heterocycles. The zero-order chi connectivity index (χ0) is 15.5. The standard InChI is InChI=1S/C20H18O2/c1-13-11-14-7-4-6-10-17(14)20(13)18(21)16-9-5-3-8-15(16)12-19(20,2)22/h3-11,22H,12H2,1-2H3. The number of Topliss-reactive ketones (excluding diaryl/α,β-unsaturated/α-hetero) is 1. The third-order valence-electron chi connectivity index (χ3n) is 5.27. The zero-order valence-corrected chi connectivity index (χ0v) is 12.8. The first kappa shape index (κ1) is 13.5. The Hall–Kier alpha value is -2.19. The van der Waals surface area contributed by atoms with Crippen LogP contribution in [0.4, 0.5) is 0 Å². The van der Waals surface area contributed by atoms with Crippen molar-refractivity contribution in [3.8, 4) is 0 Å². The van der Waals surface area contributed by atoms with Crippen molar-refractivity contribution >= 4 is 11.9 Å². The molecular formula is C20H18O2. The summed E-state index contributed by atoms with van der Waals surface area (Å²) in [6.07, 6.45) is 2.52. The topological polar surface area (TPSA) is 37.3 Å². The van der Waals surface area contributed by atoms with Crippen molar-refractivity contribution in [2.24, 2.45) is 0 Å². The van der Waals surface area contributed by atoms with E-state index in [0.717, 1.165) is 27.8 Å². The van der Waals surface area contributed by atoms with Gasteiger partial charge in [0.1, 0.15) is 5.41 Å². The number of fused-ring (bicyclic) bond motifs is 3. The summed E-state index contributed by atoms with van der Waals surface area (Å²) < 4.78 is 0. The maximum Gasteiger partial charge on any atom is 0.180 e. The molecule has 0 saturated carbocycles. The molecule has 1 N–H and O–H groups in total. The normalized spacial score (nSPS) is 29.2. The Kier molecular flexibility index (Phi) is 2.56. The molecule has 2 nitrogen and oxygen atoms in total. The summed E-state index contributed by atoms with van der Waals surface area (Å²) in [6.45, 7) is 3.75. The van der Waals surface area contributed by atoms with Crippen LogP contribution < -0.4 is 0 Å². The van der Waals surface area contributed by atoms with E-state index in [4.69, 9.17) is 0 Å². The van der Waals surface area contributed by atoms with Crippen molar-refractivity contribution in [1.29, 1.82) is 0 Å². The Bertz CT molecular complexity index is 829. The van der Waals surface area contributed by atoms with Gasteiger partial charge in [-0.3, -0.25) is 4.79 Å². The average Bonchev–Trinajstić information content (AvgIpc) is 2.79. The fourth-order valence-electron chi connectivity index (χ4n) is 4.38. The summed E-state index contributed by atoms with van der Waals surface area (Å²) in [5.74, 6) is 0.0121. The first-order valence-corrected chi connectivity index (χ1v) is 7.62. The van der Waals surface area contributed by atoms with Gasteiger partial charge < -0.3 is 5.11 Å². The molecule has 2 aromatic carbocycles. The van der Waals surface area contributed by atoms with Gasteiger partial charge in [0.15, 0.2) is 5.78 Å². The van der Waals surface area contributed by atoms with E-state index in [1.165, 1.54) is 0 Å². The van der Waals surface area contributed by atoms with E-state index < -0.39 is 11.0 Å². The number of rotatable bonds is 0. The summed E-state index contributed by atoms with van der Waals surface area (Å²) >= 11 is 0. The van der Waals surface area contributed by atoms with Crippen LogP contribution in [0.5, 0.6) is 0 Å². The van der Waals surface area contributed by atoms with Gasteiger partial charge in [0.05, 0.1) is 5.60 Å². The zero-order valence-electron chi connectivity index (χ0n) is 12.8. The van der Waals surface area contributed by atoms with Crippen molar-refractivity contribution in [2.75, 3.05) is 0 Å². The third-order valence-corrected chi connectivity index (χ3v) is 5.27. The predicted octanol–water partition coefficient (Wildman–Crippen LogP) is 3.53. The average molecular weight is 290 g/mol. The molecule has 0 fully saturated rings. The largest absolute Gasteiger partial charge is 0.388 e. The Labute approximate surface area is 130 Å². The third kappa shape index (κ3) is 1.41. The number of carbonyl (C=O) groups is 1. The SMILES string of the molecule is CC1=Cc2ccccc2C12C(=O)c1ccccc1CC2(C)O. The van der Waals surface area contributed by atoms with E-state index in [1.54, 1.807) is 6.92 Å². The molecule has 2 atom stereocenters. The van der Waals surface area contributed by atoms with Crippen molar-refractivity contribution in [3.63, 3.8) is 0 Å². The molecule has 4 rings (SSSR count). The first-order chi connectivity index (χ1) is 10.5. The minimum Gasteiger partial charge on any atom is -0.388 e. The molecule has 0 saturated heterocycles. The summed E-state index contributed by atoms with van der Waals surface area (Å²) in [5, 5.41) is 11.3. The lowest BCUT2D eigenvalue weighted by Crippen LogP contribution is -2.59. The molecule has 0 bridgehead atoms. The number of hydrogen-bond acceptors (Lipinski definition) is 2. The van der Waals surface area contributed by atoms with Crippen LogP contribution >= 0.6 is 0 Å². The molecule has 0 aliphatic heterocycles. The monoisotopic (exact) mass is 290 g/mol. The quantitative estimate of drug-likeness (QED) is 0.806. The number of ketones is 1. The molecule has 1 spiro atoms. The van der Waals surface area contributed by atoms with Crippen LogP contribution in [0.1, 0.15) is 40.9 Å². The Morgan fingerprint density at radius 3 is 2.55 bits per heavy atom. The predicted molar refractivity (Wildman–Crippen MR) is 86.9 cm³/mol. The van der Waals surface area contributed by atoms with Crippen LogP contribution in [0.25, 0.3) is 6.08 Å². The van der Waals surface area contributed by atoms with Crippen LogP contribution in [0.15, 0.2) is 54.1 Å². The highest BCUT2D eigenvalue weighted by atomic mass is 16.3. The lowest BCUT2D eigenvalue weighted by molar-refractivity contribution is -0.00434. The molecule has 0 radical (unpaired) electrons. The van der Waals surface area contributed by atoms with Gasteiger partial charge in [-0.25, -0.2) is 0 Å². The molecule has 110 valence electrons. The van der Waals surface area contributed by atoms with E-state index in [-0.39, 0.29) is 5.78 Å². The fraction of sp³-hybridized carbons (Fsp3) is 0.250. The van der Waals surface area contributed by atoms with Crippen LogP contribution in [-0.2, 0) is 11.8 Å². The van der Waals surface area contributed by atoms with E-state index in [1.807, 2.05) is 61.5 Å². The second kappa shape index (κ2) is 4.17. The molecular weight excluding hydrogens is 272 g/mol. The summed E-state index contributed by atoms with van der Waals surface area (Å²) in [7, 11) is 0. The highest BCUT2D eigenvalue weighted by Gasteiger charge is 2.60. The Morgan fingerprint density at radius 1 is 1.05 bits per heavy atom. The maximum atomic E-state index is 13.4. The van der Waals surface area contributed by atoms with Gasteiger partial charge in [0.2, 0.25) is 0 Å². The molecule has 2 aliphatic carbocycles. The second-order valence-corrected chi connectivity index (χ2v) is 6.60. The van der Waals surface area contributed by atoms with Crippen molar-refractivity contribution < 1.29 is 9.90 Å². The molecule has 0 aromatic heterocycles. The number of hydrogen-bond donors (Lipinski definition) is 1. The van der Waals surface area contributed by atoms with Crippen molar-refractivity contribution in [3.05, 3.63) is 76.4 Å². The highest BCUT2D eigenvalue weighted by Crippen LogP contribution is 2.54. The number of benzene rings is 2. The molecule has 2 heteroatoms. The summed E-state index contributed by atoms with van der Waals surface area (Å²) in [5.41, 5.74) is 2.46. The first-order valence-electron chi connectivity index (χ1n) is 7.62. The van der Waals surface area contributed by atoms with Gasteiger partial charge in [-0.1, -0.05) is 60.2 Å². The van der Waals surface area contributed by atoms with Crippen LogP contribution in [0.2, 0.25) is 0 Å². The van der Waals surface area contributed by atoms with Gasteiger partial charge in [-0.2, -0.15) is 0 Å². The molecule has 2 unspecified atom stereocenters. The van der Waals surface area contributed by atoms with E-state index in [2.05, 4.69) is 0 Å². The van der Waals surface area contributed by atoms with Crippen LogP contribution in [0, 0.1) is 0 Å². The van der Waals surface area contributed by atoms with Crippen molar-refractivity contribution in [2.45, 2.75) is 31.3 Å². The van der Waals surface area contributed by atoms with Gasteiger partial charge in [-0.05, 0) is 30.5 Å². The highest BCUT2D eigenvalue weighted by molar-refractivity contribution is 6.12. The van der Waals surface area contributed by atoms with E-state index in [0.29, 0.717) is 6.42 Å². The second-order valence-electron chi connectivity index (χ2n) is 6.60. The summed E-state index contributed by atoms with van der Waals surface area (Å²) in [4.78, 5) is 13.4. The lowest BCUT2D eigenvalue weighted by atomic mass is 9.56. The minimum absolute atomic E-state index is 0.0121. The smallest absolute Gasteiger partial charge is 0.180 e. The van der Waals surface area contributed by atoms with E-state index in [9.17, 15) is 9.90 Å². The van der Waals surface area contributed by atoms with Gasteiger partial charge in [0, 0.05) is 12.0 Å². The van der Waals surface area contributed by atoms with Crippen LogP contribution in [0.3, 0.4) is 0 Å². The summed E-state index contributed by atoms with van der Waals surface area (Å²) in [6, 6.07) is 15.5. The fourth-order valence-corrected chi connectivity index (χ4v) is 4.38. The minimum atomic E-state index is -1.13. The Morgan fingerprint density at radius 2 is 1.73 bits per heavy atom. The number of carbonyl (C=O) groups excluding carboxylic acids is 1. The van der Waals surface area contributed by atoms with Crippen molar-refractivity contribution in [1.82, 2.24) is 0 Å². The van der Waals surface area contributed by atoms with Gasteiger partial charge >= 0.3 is 0 Å². The van der Waals surface area contributed by atoms with Gasteiger partial charge in [0.25, 0.3) is 0 Å².